The standard InChI is InChI=1S/C24H28N4O5/c1-30-20-8-6-19(7-9-20)24-25-22(33-26-24)15-27-10-12-28(13-11-27)23(29)17-32-16-18-4-3-5-21(14-18)31-2/h3-9,14H,10-13,15-17H2,1-2H3. The second-order valence-electron chi connectivity index (χ2n) is 7.74. The van der Waals surface area contributed by atoms with Crippen LogP contribution in [0.2, 0.25) is 0 Å². The van der Waals surface area contributed by atoms with Crippen LogP contribution < -0.4 is 9.47 Å². The first-order chi connectivity index (χ1) is 16.1. The van der Waals surface area contributed by atoms with E-state index in [-0.39, 0.29) is 12.5 Å². The molecule has 0 spiro atoms. The molecule has 1 amide bonds. The summed E-state index contributed by atoms with van der Waals surface area (Å²) in [5.41, 5.74) is 1.84. The lowest BCUT2D eigenvalue weighted by atomic mass is 10.2. The maximum Gasteiger partial charge on any atom is 0.248 e. The molecule has 2 aromatic carbocycles. The largest absolute Gasteiger partial charge is 0.497 e. The van der Waals surface area contributed by atoms with Crippen LogP contribution >= 0.6 is 0 Å². The fourth-order valence-electron chi connectivity index (χ4n) is 3.63. The summed E-state index contributed by atoms with van der Waals surface area (Å²) in [6, 6.07) is 15.2. The van der Waals surface area contributed by atoms with Crippen LogP contribution in [-0.2, 0) is 22.7 Å². The van der Waals surface area contributed by atoms with Gasteiger partial charge in [-0.05, 0) is 42.0 Å². The van der Waals surface area contributed by atoms with Gasteiger partial charge >= 0.3 is 0 Å². The van der Waals surface area contributed by atoms with Crippen molar-refractivity contribution in [1.82, 2.24) is 19.9 Å². The van der Waals surface area contributed by atoms with Crippen molar-refractivity contribution in [2.45, 2.75) is 13.2 Å². The third kappa shape index (κ3) is 6.09. The van der Waals surface area contributed by atoms with Crippen LogP contribution in [0.1, 0.15) is 11.5 Å². The van der Waals surface area contributed by atoms with Crippen LogP contribution in [0, 0.1) is 0 Å². The summed E-state index contributed by atoms with van der Waals surface area (Å²) in [7, 11) is 3.26. The summed E-state index contributed by atoms with van der Waals surface area (Å²) in [5.74, 6) is 2.66. The summed E-state index contributed by atoms with van der Waals surface area (Å²) < 4.78 is 21.4. The molecule has 2 heterocycles. The smallest absolute Gasteiger partial charge is 0.248 e. The van der Waals surface area contributed by atoms with Gasteiger partial charge in [0.2, 0.25) is 17.6 Å². The van der Waals surface area contributed by atoms with Crippen LogP contribution in [0.4, 0.5) is 0 Å². The predicted octanol–water partition coefficient (Wildman–Crippen LogP) is 2.61. The number of amides is 1. The van der Waals surface area contributed by atoms with E-state index in [4.69, 9.17) is 18.7 Å². The molecule has 3 aromatic rings. The molecule has 0 saturated carbocycles. The van der Waals surface area contributed by atoms with Crippen molar-refractivity contribution in [2.24, 2.45) is 0 Å². The average Bonchev–Trinajstić information content (AvgIpc) is 3.33. The topological polar surface area (TPSA) is 90.2 Å². The normalized spacial score (nSPS) is 14.3. The van der Waals surface area contributed by atoms with Gasteiger partial charge < -0.3 is 23.6 Å². The number of hydrogen-bond acceptors (Lipinski definition) is 8. The van der Waals surface area contributed by atoms with Crippen molar-refractivity contribution in [3.8, 4) is 22.9 Å². The Morgan fingerprint density at radius 3 is 2.48 bits per heavy atom. The number of piperazine rings is 1. The Hall–Kier alpha value is -3.43. The van der Waals surface area contributed by atoms with E-state index in [0.717, 1.165) is 35.7 Å². The fourth-order valence-corrected chi connectivity index (χ4v) is 3.63. The van der Waals surface area contributed by atoms with Crippen LogP contribution in [0.5, 0.6) is 11.5 Å². The monoisotopic (exact) mass is 452 g/mol. The summed E-state index contributed by atoms with van der Waals surface area (Å²) in [6.07, 6.45) is 0. The third-order valence-electron chi connectivity index (χ3n) is 5.53. The molecule has 0 N–H and O–H groups in total. The van der Waals surface area contributed by atoms with E-state index in [0.29, 0.717) is 38.0 Å². The molecule has 4 rings (SSSR count). The molecule has 1 saturated heterocycles. The first-order valence-electron chi connectivity index (χ1n) is 10.8. The zero-order valence-corrected chi connectivity index (χ0v) is 18.9. The Bertz CT molecular complexity index is 1050. The van der Waals surface area contributed by atoms with Gasteiger partial charge in [-0.25, -0.2) is 0 Å². The maximum absolute atomic E-state index is 12.5. The van der Waals surface area contributed by atoms with Gasteiger partial charge in [-0.3, -0.25) is 9.69 Å². The molecule has 0 unspecified atom stereocenters. The summed E-state index contributed by atoms with van der Waals surface area (Å²) in [6.45, 7) is 3.74. The summed E-state index contributed by atoms with van der Waals surface area (Å²) >= 11 is 0. The number of methoxy groups -OCH3 is 2. The van der Waals surface area contributed by atoms with Gasteiger partial charge in [0.15, 0.2) is 0 Å². The zero-order valence-electron chi connectivity index (χ0n) is 18.9. The number of carbonyl (C=O) groups is 1. The predicted molar refractivity (Wildman–Crippen MR) is 121 cm³/mol. The average molecular weight is 453 g/mol. The van der Waals surface area contributed by atoms with E-state index < -0.39 is 0 Å². The van der Waals surface area contributed by atoms with Crippen LogP contribution in [0.25, 0.3) is 11.4 Å². The molecule has 1 fully saturated rings. The Kier molecular flexibility index (Phi) is 7.54. The molecule has 0 atom stereocenters. The minimum atomic E-state index is -0.00266. The van der Waals surface area contributed by atoms with Crippen molar-refractivity contribution >= 4 is 5.91 Å². The highest BCUT2D eigenvalue weighted by molar-refractivity contribution is 5.77. The molecular weight excluding hydrogens is 424 g/mol. The molecule has 9 heteroatoms. The van der Waals surface area contributed by atoms with Gasteiger partial charge in [0.25, 0.3) is 0 Å². The van der Waals surface area contributed by atoms with Crippen molar-refractivity contribution in [3.05, 3.63) is 60.0 Å². The summed E-state index contributed by atoms with van der Waals surface area (Å²) in [5, 5.41) is 4.08. The van der Waals surface area contributed by atoms with Gasteiger partial charge in [0, 0.05) is 31.7 Å². The zero-order chi connectivity index (χ0) is 23.0. The van der Waals surface area contributed by atoms with Crippen LogP contribution in [-0.4, -0.2) is 72.9 Å². The Balaban J connectivity index is 1.20. The van der Waals surface area contributed by atoms with Gasteiger partial charge in [-0.1, -0.05) is 17.3 Å². The molecule has 1 aliphatic rings. The number of nitrogens with zero attached hydrogens (tertiary/aromatic N) is 4. The van der Waals surface area contributed by atoms with Gasteiger partial charge in [0.1, 0.15) is 18.1 Å². The first-order valence-corrected chi connectivity index (χ1v) is 10.8. The van der Waals surface area contributed by atoms with Gasteiger partial charge in [-0.2, -0.15) is 4.98 Å². The first kappa shape index (κ1) is 22.8. The molecule has 1 aromatic heterocycles. The van der Waals surface area contributed by atoms with Crippen molar-refractivity contribution in [1.29, 1.82) is 0 Å². The van der Waals surface area contributed by atoms with E-state index >= 15 is 0 Å². The molecule has 33 heavy (non-hydrogen) atoms. The molecule has 174 valence electrons. The van der Waals surface area contributed by atoms with E-state index in [1.165, 1.54) is 0 Å². The highest BCUT2D eigenvalue weighted by Gasteiger charge is 2.22. The van der Waals surface area contributed by atoms with E-state index in [9.17, 15) is 4.79 Å². The molecule has 0 radical (unpaired) electrons. The van der Waals surface area contributed by atoms with Crippen LogP contribution in [0.15, 0.2) is 53.1 Å². The Morgan fingerprint density at radius 1 is 1.00 bits per heavy atom. The van der Waals surface area contributed by atoms with Crippen molar-refractivity contribution < 1.29 is 23.5 Å². The van der Waals surface area contributed by atoms with E-state index in [2.05, 4.69) is 15.0 Å². The van der Waals surface area contributed by atoms with Gasteiger partial charge in [0.05, 0.1) is 27.4 Å². The Morgan fingerprint density at radius 2 is 1.76 bits per heavy atom. The van der Waals surface area contributed by atoms with Crippen LogP contribution in [0.3, 0.4) is 0 Å². The Labute approximate surface area is 192 Å². The molecule has 1 aliphatic heterocycles. The molecular formula is C24H28N4O5. The molecule has 0 aliphatic carbocycles. The van der Waals surface area contributed by atoms with Crippen molar-refractivity contribution in [2.75, 3.05) is 47.0 Å². The third-order valence-corrected chi connectivity index (χ3v) is 5.53. The minimum Gasteiger partial charge on any atom is -0.497 e. The maximum atomic E-state index is 12.5. The minimum absolute atomic E-state index is 0.00266. The lowest BCUT2D eigenvalue weighted by Crippen LogP contribution is -2.49. The van der Waals surface area contributed by atoms with Gasteiger partial charge in [-0.15, -0.1) is 0 Å². The highest BCUT2D eigenvalue weighted by Crippen LogP contribution is 2.20. The second kappa shape index (κ2) is 10.9. The lowest BCUT2D eigenvalue weighted by molar-refractivity contribution is -0.138. The number of aromatic nitrogens is 2. The number of hydrogen-bond donors (Lipinski definition) is 0. The lowest BCUT2D eigenvalue weighted by Gasteiger charge is -2.33. The second-order valence-corrected chi connectivity index (χ2v) is 7.74. The number of rotatable bonds is 9. The molecule has 9 nitrogen and oxygen atoms in total. The fraction of sp³-hybridized carbons (Fsp3) is 0.375. The highest BCUT2D eigenvalue weighted by atomic mass is 16.5. The molecule has 0 bridgehead atoms. The van der Waals surface area contributed by atoms with Crippen molar-refractivity contribution in [3.63, 3.8) is 0 Å². The van der Waals surface area contributed by atoms with E-state index in [1.807, 2.05) is 53.4 Å². The summed E-state index contributed by atoms with van der Waals surface area (Å²) in [4.78, 5) is 21.0. The number of ether oxygens (including phenoxy) is 3. The van der Waals surface area contributed by atoms with E-state index in [1.54, 1.807) is 14.2 Å². The SMILES string of the molecule is COc1ccc(-c2noc(CN3CCN(C(=O)COCc4cccc(OC)c4)CC3)n2)cc1. The number of benzene rings is 2. The quantitative estimate of drug-likeness (QED) is 0.489. The number of carbonyl (C=O) groups excluding carboxylic acids is 1.